The number of β-amino-alcohol motifs (C(OH)–C–C–N with tert-alkyl or cyclic N) is 1. The fourth-order valence-corrected chi connectivity index (χ4v) is 3.70. The van der Waals surface area contributed by atoms with E-state index in [9.17, 15) is 9.90 Å². The first-order valence-electron chi connectivity index (χ1n) is 9.90. The Bertz CT molecular complexity index is 957. The number of rotatable bonds is 7. The van der Waals surface area contributed by atoms with Crippen LogP contribution in [-0.2, 0) is 13.0 Å². The zero-order valence-corrected chi connectivity index (χ0v) is 16.2. The topological polar surface area (TPSA) is 83.3 Å². The molecule has 3 aromatic rings. The smallest absolute Gasteiger partial charge is 0.270 e. The lowest BCUT2D eigenvalue weighted by Crippen LogP contribution is -2.38. The van der Waals surface area contributed by atoms with Crippen LogP contribution >= 0.6 is 0 Å². The molecule has 1 amide bonds. The lowest BCUT2D eigenvalue weighted by atomic mass is 9.99. The summed E-state index contributed by atoms with van der Waals surface area (Å²) in [5.41, 5.74) is 3.91. The lowest BCUT2D eigenvalue weighted by Gasteiger charge is -2.30. The average Bonchev–Trinajstić information content (AvgIpc) is 3.24. The quantitative estimate of drug-likeness (QED) is 0.642. The number of pyridine rings is 1. The third-order valence-electron chi connectivity index (χ3n) is 5.21. The highest BCUT2D eigenvalue weighted by Crippen LogP contribution is 2.18. The van der Waals surface area contributed by atoms with Crippen LogP contribution in [0.4, 0.5) is 0 Å². The molecule has 7 heteroatoms. The van der Waals surface area contributed by atoms with Gasteiger partial charge in [-0.3, -0.25) is 14.7 Å². The molecule has 150 valence electrons. The number of fused-ring (bicyclic) bond motifs is 1. The molecular formula is C22H25N5O2. The van der Waals surface area contributed by atoms with Gasteiger partial charge in [-0.15, -0.1) is 0 Å². The number of nitrogens with one attached hydrogen (secondary N) is 1. The number of nitrogens with zero attached hydrogens (tertiary/aromatic N) is 4. The van der Waals surface area contributed by atoms with Gasteiger partial charge in [0.05, 0.1) is 24.2 Å². The molecule has 7 nitrogen and oxygen atoms in total. The molecule has 2 N–H and O–H groups in total. The fraction of sp³-hybridized carbons (Fsp3) is 0.318. The van der Waals surface area contributed by atoms with Crippen molar-refractivity contribution < 1.29 is 9.90 Å². The van der Waals surface area contributed by atoms with Crippen molar-refractivity contribution in [2.45, 2.75) is 25.5 Å². The highest BCUT2D eigenvalue weighted by molar-refractivity contribution is 5.93. The van der Waals surface area contributed by atoms with Crippen LogP contribution < -0.4 is 5.32 Å². The van der Waals surface area contributed by atoms with Crippen LogP contribution in [0.3, 0.4) is 0 Å². The molecule has 1 aliphatic heterocycles. The number of hydrogen-bond donors (Lipinski definition) is 2. The third kappa shape index (κ3) is 4.70. The van der Waals surface area contributed by atoms with Crippen molar-refractivity contribution in [2.75, 3.05) is 19.6 Å². The maximum absolute atomic E-state index is 12.5. The van der Waals surface area contributed by atoms with E-state index in [0.29, 0.717) is 25.2 Å². The molecule has 1 aliphatic rings. The largest absolute Gasteiger partial charge is 0.392 e. The molecule has 0 aliphatic carbocycles. The standard InChI is InChI=1S/C22H25N5O2/c28-20(16-26-13-9-17-4-1-2-5-18(17)15-26)7-11-24-22(29)21-8-12-25-27(21)19-6-3-10-23-14-19/h1-6,8,10,12,14,20,28H,7,9,11,13,15-16H2,(H,24,29). The molecule has 1 unspecified atom stereocenters. The summed E-state index contributed by atoms with van der Waals surface area (Å²) in [6, 6.07) is 13.8. The van der Waals surface area contributed by atoms with E-state index in [2.05, 4.69) is 44.6 Å². The van der Waals surface area contributed by atoms with Crippen LogP contribution in [-0.4, -0.2) is 56.4 Å². The molecule has 29 heavy (non-hydrogen) atoms. The van der Waals surface area contributed by atoms with Crippen LogP contribution in [0.5, 0.6) is 0 Å². The Labute approximate surface area is 170 Å². The molecule has 1 aromatic carbocycles. The Hall–Kier alpha value is -3.03. The van der Waals surface area contributed by atoms with E-state index in [-0.39, 0.29) is 5.91 Å². The normalized spacial score (nSPS) is 14.9. The highest BCUT2D eigenvalue weighted by Gasteiger charge is 2.19. The second kappa shape index (κ2) is 8.98. The van der Waals surface area contributed by atoms with Gasteiger partial charge in [-0.05, 0) is 42.2 Å². The number of aliphatic hydroxyl groups excluding tert-OH is 1. The van der Waals surface area contributed by atoms with Crippen LogP contribution in [0.1, 0.15) is 28.0 Å². The van der Waals surface area contributed by atoms with E-state index in [4.69, 9.17) is 0 Å². The first-order chi connectivity index (χ1) is 14.2. The molecule has 0 bridgehead atoms. The molecule has 0 radical (unpaired) electrons. The van der Waals surface area contributed by atoms with Gasteiger partial charge in [0.15, 0.2) is 0 Å². The van der Waals surface area contributed by atoms with E-state index in [1.54, 1.807) is 35.4 Å². The number of carbonyl (C=O) groups excluding carboxylic acids is 1. The fourth-order valence-electron chi connectivity index (χ4n) is 3.70. The molecule has 4 rings (SSSR count). The first kappa shape index (κ1) is 19.3. The number of hydrogen-bond acceptors (Lipinski definition) is 5. The summed E-state index contributed by atoms with van der Waals surface area (Å²) >= 11 is 0. The zero-order chi connectivity index (χ0) is 20.1. The van der Waals surface area contributed by atoms with Gasteiger partial charge in [0.1, 0.15) is 5.69 Å². The number of benzene rings is 1. The Morgan fingerprint density at radius 2 is 2.00 bits per heavy atom. The molecule has 3 heterocycles. The monoisotopic (exact) mass is 391 g/mol. The summed E-state index contributed by atoms with van der Waals surface area (Å²) in [5, 5.41) is 17.5. The second-order valence-electron chi connectivity index (χ2n) is 7.29. The third-order valence-corrected chi connectivity index (χ3v) is 5.21. The summed E-state index contributed by atoms with van der Waals surface area (Å²) in [5.74, 6) is -0.217. The number of aliphatic hydroxyl groups is 1. The average molecular weight is 391 g/mol. The Balaban J connectivity index is 1.26. The molecule has 2 aromatic heterocycles. The van der Waals surface area contributed by atoms with Crippen molar-refractivity contribution in [3.63, 3.8) is 0 Å². The minimum absolute atomic E-state index is 0.217. The van der Waals surface area contributed by atoms with Crippen LogP contribution in [0.25, 0.3) is 5.69 Å². The van der Waals surface area contributed by atoms with Crippen molar-refractivity contribution in [1.29, 1.82) is 0 Å². The minimum Gasteiger partial charge on any atom is -0.392 e. The van der Waals surface area contributed by atoms with E-state index in [1.807, 2.05) is 6.07 Å². The predicted molar refractivity (Wildman–Crippen MR) is 110 cm³/mol. The second-order valence-corrected chi connectivity index (χ2v) is 7.29. The van der Waals surface area contributed by atoms with Gasteiger partial charge >= 0.3 is 0 Å². The van der Waals surface area contributed by atoms with E-state index in [1.165, 1.54) is 11.1 Å². The number of carbonyl (C=O) groups is 1. The lowest BCUT2D eigenvalue weighted by molar-refractivity contribution is 0.0887. The molecule has 0 saturated heterocycles. The molecular weight excluding hydrogens is 366 g/mol. The van der Waals surface area contributed by atoms with E-state index >= 15 is 0 Å². The van der Waals surface area contributed by atoms with Crippen LogP contribution in [0, 0.1) is 0 Å². The van der Waals surface area contributed by atoms with Crippen molar-refractivity contribution in [1.82, 2.24) is 25.0 Å². The maximum atomic E-state index is 12.5. The minimum atomic E-state index is -0.483. The molecule has 0 saturated carbocycles. The summed E-state index contributed by atoms with van der Waals surface area (Å²) in [7, 11) is 0. The van der Waals surface area contributed by atoms with Gasteiger partial charge in [-0.25, -0.2) is 4.68 Å². The number of aromatic nitrogens is 3. The zero-order valence-electron chi connectivity index (χ0n) is 16.2. The van der Waals surface area contributed by atoms with Crippen LogP contribution in [0.15, 0.2) is 61.1 Å². The van der Waals surface area contributed by atoms with Gasteiger partial charge in [-0.2, -0.15) is 5.10 Å². The van der Waals surface area contributed by atoms with E-state index < -0.39 is 6.10 Å². The summed E-state index contributed by atoms with van der Waals surface area (Å²) in [6.45, 7) is 2.83. The first-order valence-corrected chi connectivity index (χ1v) is 9.90. The Morgan fingerprint density at radius 1 is 1.14 bits per heavy atom. The Kier molecular flexibility index (Phi) is 5.97. The molecule has 1 atom stereocenters. The van der Waals surface area contributed by atoms with Crippen molar-refractivity contribution in [2.24, 2.45) is 0 Å². The summed E-state index contributed by atoms with van der Waals surface area (Å²) in [6.07, 6.45) is 5.96. The van der Waals surface area contributed by atoms with E-state index in [0.717, 1.165) is 25.2 Å². The summed E-state index contributed by atoms with van der Waals surface area (Å²) in [4.78, 5) is 18.9. The highest BCUT2D eigenvalue weighted by atomic mass is 16.3. The van der Waals surface area contributed by atoms with Gasteiger partial charge in [0.2, 0.25) is 0 Å². The molecule has 0 fully saturated rings. The summed E-state index contributed by atoms with van der Waals surface area (Å²) < 4.78 is 1.56. The molecule has 0 spiro atoms. The van der Waals surface area contributed by atoms with Crippen molar-refractivity contribution in [3.05, 3.63) is 77.9 Å². The van der Waals surface area contributed by atoms with Gasteiger partial charge < -0.3 is 10.4 Å². The van der Waals surface area contributed by atoms with Gasteiger partial charge in [0.25, 0.3) is 5.91 Å². The maximum Gasteiger partial charge on any atom is 0.270 e. The van der Waals surface area contributed by atoms with Gasteiger partial charge in [-0.1, -0.05) is 24.3 Å². The predicted octanol–water partition coefficient (Wildman–Crippen LogP) is 1.81. The Morgan fingerprint density at radius 3 is 2.83 bits per heavy atom. The number of amides is 1. The van der Waals surface area contributed by atoms with Crippen molar-refractivity contribution in [3.8, 4) is 5.69 Å². The van der Waals surface area contributed by atoms with Gasteiger partial charge in [0, 0.05) is 32.4 Å². The van der Waals surface area contributed by atoms with Crippen LogP contribution in [0.2, 0.25) is 0 Å². The SMILES string of the molecule is O=C(NCCC(O)CN1CCc2ccccc2C1)c1ccnn1-c1cccnc1. The van der Waals surface area contributed by atoms with Crippen molar-refractivity contribution >= 4 is 5.91 Å².